The largest absolute Gasteiger partial charge is 0.308 e. The van der Waals surface area contributed by atoms with Gasteiger partial charge < -0.3 is 5.32 Å². The number of pyridine rings is 1. The van der Waals surface area contributed by atoms with E-state index >= 15 is 0 Å². The van der Waals surface area contributed by atoms with Crippen LogP contribution < -0.4 is 5.32 Å². The maximum absolute atomic E-state index is 4.64. The van der Waals surface area contributed by atoms with E-state index in [9.17, 15) is 0 Å². The summed E-state index contributed by atoms with van der Waals surface area (Å²) in [6.07, 6.45) is 2.04. The number of rotatable bonds is 6. The molecule has 2 rings (SSSR count). The molecule has 0 fully saturated rings. The predicted octanol–water partition coefficient (Wildman–Crippen LogP) is 3.44. The van der Waals surface area contributed by atoms with E-state index in [2.05, 4.69) is 39.7 Å². The molecule has 0 aliphatic rings. The smallest absolute Gasteiger partial charge is 0.0947 e. The Labute approximate surface area is 119 Å². The van der Waals surface area contributed by atoms with E-state index in [1.165, 1.54) is 5.01 Å². The molecular weight excluding hydrogens is 254 g/mol. The Kier molecular flexibility index (Phi) is 5.05. The minimum Gasteiger partial charge on any atom is -0.308 e. The van der Waals surface area contributed by atoms with Crippen molar-refractivity contribution >= 4 is 11.3 Å². The first-order valence-electron chi connectivity index (χ1n) is 6.77. The molecular formula is C15H21N3S. The highest BCUT2D eigenvalue weighted by Gasteiger charge is 2.14. The van der Waals surface area contributed by atoms with Gasteiger partial charge in [0.05, 0.1) is 16.7 Å². The zero-order valence-corrected chi connectivity index (χ0v) is 12.6. The summed E-state index contributed by atoms with van der Waals surface area (Å²) in [5, 5.41) is 6.86. The summed E-state index contributed by atoms with van der Waals surface area (Å²) in [6, 6.07) is 6.46. The van der Waals surface area contributed by atoms with E-state index in [0.717, 1.165) is 36.5 Å². The summed E-state index contributed by atoms with van der Waals surface area (Å²) in [6.45, 7) is 7.26. The average Bonchev–Trinajstić information content (AvgIpc) is 2.80. The molecule has 0 saturated heterocycles. The van der Waals surface area contributed by atoms with Gasteiger partial charge in [-0.15, -0.1) is 11.3 Å². The number of aryl methyl sites for hydroxylation is 2. The van der Waals surface area contributed by atoms with E-state index in [-0.39, 0.29) is 6.04 Å². The summed E-state index contributed by atoms with van der Waals surface area (Å²) in [5.41, 5.74) is 3.28. The number of nitrogens with zero attached hydrogens (tertiary/aromatic N) is 2. The van der Waals surface area contributed by atoms with E-state index < -0.39 is 0 Å². The van der Waals surface area contributed by atoms with Crippen molar-refractivity contribution < 1.29 is 0 Å². The number of hydrogen-bond acceptors (Lipinski definition) is 4. The van der Waals surface area contributed by atoms with Crippen molar-refractivity contribution in [2.24, 2.45) is 0 Å². The predicted molar refractivity (Wildman–Crippen MR) is 80.6 cm³/mol. The molecule has 1 N–H and O–H groups in total. The van der Waals surface area contributed by atoms with Gasteiger partial charge in [-0.3, -0.25) is 4.98 Å². The van der Waals surface area contributed by atoms with Crippen LogP contribution in [-0.2, 0) is 6.42 Å². The normalized spacial score (nSPS) is 12.6. The van der Waals surface area contributed by atoms with Crippen LogP contribution in [0.5, 0.6) is 0 Å². The van der Waals surface area contributed by atoms with Gasteiger partial charge in [0.1, 0.15) is 0 Å². The van der Waals surface area contributed by atoms with Gasteiger partial charge in [0.2, 0.25) is 0 Å². The van der Waals surface area contributed by atoms with Crippen LogP contribution in [0, 0.1) is 13.8 Å². The zero-order chi connectivity index (χ0) is 13.7. The molecule has 0 amide bonds. The Balaban J connectivity index is 2.15. The lowest BCUT2D eigenvalue weighted by Crippen LogP contribution is -2.25. The maximum Gasteiger partial charge on any atom is 0.0947 e. The fraction of sp³-hybridized carbons (Fsp3) is 0.467. The Hall–Kier alpha value is -1.26. The van der Waals surface area contributed by atoms with Crippen molar-refractivity contribution in [1.82, 2.24) is 15.3 Å². The molecule has 3 nitrogen and oxygen atoms in total. The summed E-state index contributed by atoms with van der Waals surface area (Å²) < 4.78 is 0. The van der Waals surface area contributed by atoms with Crippen LogP contribution in [0.15, 0.2) is 23.6 Å². The monoisotopic (exact) mass is 275 g/mol. The number of hydrogen-bond donors (Lipinski definition) is 1. The van der Waals surface area contributed by atoms with E-state index in [0.29, 0.717) is 0 Å². The molecule has 2 aromatic heterocycles. The van der Waals surface area contributed by atoms with Crippen molar-refractivity contribution in [3.63, 3.8) is 0 Å². The first kappa shape index (κ1) is 14.2. The van der Waals surface area contributed by atoms with Crippen molar-refractivity contribution in [2.45, 2.75) is 39.7 Å². The second-order valence-electron chi connectivity index (χ2n) is 4.80. The first-order valence-corrected chi connectivity index (χ1v) is 7.65. The molecule has 1 unspecified atom stereocenters. The number of nitrogens with one attached hydrogen (secondary N) is 1. The minimum atomic E-state index is 0.255. The highest BCUT2D eigenvalue weighted by Crippen LogP contribution is 2.19. The SMILES string of the molecule is CCCNC(Cc1nc(C)cs1)c1cccc(C)n1. The van der Waals surface area contributed by atoms with Crippen LogP contribution in [0.3, 0.4) is 0 Å². The van der Waals surface area contributed by atoms with E-state index in [1.54, 1.807) is 11.3 Å². The lowest BCUT2D eigenvalue weighted by atomic mass is 10.1. The Morgan fingerprint density at radius 1 is 1.21 bits per heavy atom. The van der Waals surface area contributed by atoms with Crippen molar-refractivity contribution in [1.29, 1.82) is 0 Å². The van der Waals surface area contributed by atoms with Crippen LogP contribution in [0.25, 0.3) is 0 Å². The third-order valence-electron chi connectivity index (χ3n) is 2.95. The van der Waals surface area contributed by atoms with Gasteiger partial charge in [-0.1, -0.05) is 13.0 Å². The molecule has 1 atom stereocenters. The fourth-order valence-corrected chi connectivity index (χ4v) is 2.85. The Morgan fingerprint density at radius 3 is 2.68 bits per heavy atom. The molecule has 0 spiro atoms. The molecule has 0 aliphatic carbocycles. The molecule has 4 heteroatoms. The van der Waals surface area contributed by atoms with Crippen LogP contribution in [0.1, 0.15) is 41.5 Å². The molecule has 0 aliphatic heterocycles. The number of aromatic nitrogens is 2. The lowest BCUT2D eigenvalue weighted by Gasteiger charge is -2.17. The maximum atomic E-state index is 4.64. The van der Waals surface area contributed by atoms with Crippen LogP contribution in [0.4, 0.5) is 0 Å². The second kappa shape index (κ2) is 6.78. The van der Waals surface area contributed by atoms with Crippen molar-refractivity contribution in [2.75, 3.05) is 6.54 Å². The van der Waals surface area contributed by atoms with Gasteiger partial charge in [-0.2, -0.15) is 0 Å². The number of thiazole rings is 1. The third kappa shape index (κ3) is 4.11. The third-order valence-corrected chi connectivity index (χ3v) is 3.94. The highest BCUT2D eigenvalue weighted by atomic mass is 32.1. The molecule has 0 radical (unpaired) electrons. The van der Waals surface area contributed by atoms with Crippen LogP contribution in [0.2, 0.25) is 0 Å². The molecule has 0 aromatic carbocycles. The summed E-state index contributed by atoms with van der Waals surface area (Å²) in [7, 11) is 0. The Bertz CT molecular complexity index is 522. The van der Waals surface area contributed by atoms with Gasteiger partial charge >= 0.3 is 0 Å². The first-order chi connectivity index (χ1) is 9.19. The highest BCUT2D eigenvalue weighted by molar-refractivity contribution is 7.09. The molecule has 19 heavy (non-hydrogen) atoms. The van der Waals surface area contributed by atoms with Crippen LogP contribution in [-0.4, -0.2) is 16.5 Å². The van der Waals surface area contributed by atoms with Gasteiger partial charge in [0, 0.05) is 23.2 Å². The minimum absolute atomic E-state index is 0.255. The molecule has 102 valence electrons. The summed E-state index contributed by atoms with van der Waals surface area (Å²) in [5.74, 6) is 0. The van der Waals surface area contributed by atoms with Gasteiger partial charge in [0.15, 0.2) is 0 Å². The fourth-order valence-electron chi connectivity index (χ4n) is 2.03. The van der Waals surface area contributed by atoms with Crippen molar-refractivity contribution in [3.05, 3.63) is 45.7 Å². The van der Waals surface area contributed by atoms with E-state index in [1.807, 2.05) is 19.9 Å². The lowest BCUT2D eigenvalue weighted by molar-refractivity contribution is 0.516. The van der Waals surface area contributed by atoms with Crippen LogP contribution >= 0.6 is 11.3 Å². The van der Waals surface area contributed by atoms with E-state index in [4.69, 9.17) is 0 Å². The molecule has 2 aromatic rings. The average molecular weight is 275 g/mol. The topological polar surface area (TPSA) is 37.8 Å². The zero-order valence-electron chi connectivity index (χ0n) is 11.8. The standard InChI is InChI=1S/C15H21N3S/c1-4-8-16-14(9-15-18-12(3)10-19-15)13-7-5-6-11(2)17-13/h5-7,10,14,16H,4,8-9H2,1-3H3. The van der Waals surface area contributed by atoms with Crippen molar-refractivity contribution in [3.8, 4) is 0 Å². The summed E-state index contributed by atoms with van der Waals surface area (Å²) >= 11 is 1.73. The second-order valence-corrected chi connectivity index (χ2v) is 5.74. The Morgan fingerprint density at radius 2 is 2.05 bits per heavy atom. The summed E-state index contributed by atoms with van der Waals surface area (Å²) in [4.78, 5) is 9.20. The van der Waals surface area contributed by atoms with Gasteiger partial charge in [-0.25, -0.2) is 4.98 Å². The molecule has 2 heterocycles. The van der Waals surface area contributed by atoms with Gasteiger partial charge in [-0.05, 0) is 38.9 Å². The van der Waals surface area contributed by atoms with Gasteiger partial charge in [0.25, 0.3) is 0 Å². The quantitative estimate of drug-likeness (QED) is 0.877. The molecule has 0 bridgehead atoms. The molecule has 0 saturated carbocycles.